The molecule has 0 spiro atoms. The number of carbonyl (C=O) groups is 1. The van der Waals surface area contributed by atoms with E-state index in [-0.39, 0.29) is 6.61 Å². The van der Waals surface area contributed by atoms with Gasteiger partial charge in [-0.15, -0.1) is 0 Å². The van der Waals surface area contributed by atoms with E-state index in [9.17, 15) is 4.79 Å². The number of hydrogen-bond donors (Lipinski definition) is 2. The highest BCUT2D eigenvalue weighted by Crippen LogP contribution is 2.16. The second kappa shape index (κ2) is 5.53. The highest BCUT2D eigenvalue weighted by Gasteiger charge is 2.20. The Morgan fingerprint density at radius 2 is 2.29 bits per heavy atom. The standard InChI is InChI=1S/C14H13N3O3S/c1-8-9(6-15-14(21)16-8)13(18)19-7-12-17-10-4-2-3-5-11(10)20-12/h2-5H,6-7H2,1H3,(H2,15,16,21). The first-order valence-electron chi connectivity index (χ1n) is 6.39. The minimum Gasteiger partial charge on any atom is -0.452 e. The van der Waals surface area contributed by atoms with E-state index < -0.39 is 5.97 Å². The second-order valence-electron chi connectivity index (χ2n) is 4.56. The van der Waals surface area contributed by atoms with E-state index in [0.29, 0.717) is 34.4 Å². The first-order chi connectivity index (χ1) is 10.1. The summed E-state index contributed by atoms with van der Waals surface area (Å²) in [6.45, 7) is 2.13. The molecule has 0 atom stereocenters. The molecule has 21 heavy (non-hydrogen) atoms. The van der Waals surface area contributed by atoms with Gasteiger partial charge in [0.05, 0.1) is 12.1 Å². The predicted molar refractivity (Wildman–Crippen MR) is 80.2 cm³/mol. The van der Waals surface area contributed by atoms with Crippen molar-refractivity contribution in [3.05, 3.63) is 41.4 Å². The van der Waals surface area contributed by atoms with Gasteiger partial charge in [-0.1, -0.05) is 12.1 Å². The molecule has 3 rings (SSSR count). The minimum atomic E-state index is -0.419. The van der Waals surface area contributed by atoms with Crippen LogP contribution < -0.4 is 10.6 Å². The van der Waals surface area contributed by atoms with E-state index in [4.69, 9.17) is 21.4 Å². The van der Waals surface area contributed by atoms with Gasteiger partial charge in [0.15, 0.2) is 17.3 Å². The van der Waals surface area contributed by atoms with Gasteiger partial charge < -0.3 is 19.8 Å². The van der Waals surface area contributed by atoms with Crippen molar-refractivity contribution in [3.63, 3.8) is 0 Å². The van der Waals surface area contributed by atoms with Gasteiger partial charge in [0.25, 0.3) is 0 Å². The summed E-state index contributed by atoms with van der Waals surface area (Å²) in [7, 11) is 0. The summed E-state index contributed by atoms with van der Waals surface area (Å²) in [6, 6.07) is 7.39. The van der Waals surface area contributed by atoms with Crippen molar-refractivity contribution in [1.29, 1.82) is 0 Å². The Kier molecular flexibility index (Phi) is 3.57. The van der Waals surface area contributed by atoms with Crippen LogP contribution in [0.1, 0.15) is 12.8 Å². The molecule has 2 N–H and O–H groups in total. The third-order valence-corrected chi connectivity index (χ3v) is 3.34. The Bertz CT molecular complexity index is 718. The molecular weight excluding hydrogens is 290 g/mol. The number of para-hydroxylation sites is 2. The van der Waals surface area contributed by atoms with Crippen LogP contribution in [0.25, 0.3) is 11.1 Å². The second-order valence-corrected chi connectivity index (χ2v) is 4.97. The first kappa shape index (κ1) is 13.6. The lowest BCUT2D eigenvalue weighted by Crippen LogP contribution is -2.42. The quantitative estimate of drug-likeness (QED) is 0.659. The number of thiocarbonyl (C=S) groups is 1. The molecule has 1 aromatic carbocycles. The molecule has 1 aliphatic rings. The molecule has 0 aliphatic carbocycles. The molecule has 2 aromatic rings. The Balaban J connectivity index is 1.68. The number of oxazole rings is 1. The summed E-state index contributed by atoms with van der Waals surface area (Å²) >= 11 is 4.97. The first-order valence-corrected chi connectivity index (χ1v) is 6.80. The molecule has 1 aliphatic heterocycles. The predicted octanol–water partition coefficient (Wildman–Crippen LogP) is 1.62. The molecular formula is C14H13N3O3S. The normalized spacial score (nSPS) is 14.8. The van der Waals surface area contributed by atoms with E-state index in [1.165, 1.54) is 0 Å². The zero-order valence-corrected chi connectivity index (χ0v) is 12.1. The molecule has 0 saturated carbocycles. The van der Waals surface area contributed by atoms with Crippen LogP contribution in [0.5, 0.6) is 0 Å². The van der Waals surface area contributed by atoms with Crippen LogP contribution in [-0.2, 0) is 16.1 Å². The summed E-state index contributed by atoms with van der Waals surface area (Å²) in [5.41, 5.74) is 2.62. The number of nitrogens with zero attached hydrogens (tertiary/aromatic N) is 1. The maximum atomic E-state index is 12.0. The number of carbonyl (C=O) groups excluding carboxylic acids is 1. The van der Waals surface area contributed by atoms with E-state index in [1.807, 2.05) is 24.3 Å². The van der Waals surface area contributed by atoms with E-state index >= 15 is 0 Å². The smallest absolute Gasteiger partial charge is 0.338 e. The zero-order chi connectivity index (χ0) is 14.8. The summed E-state index contributed by atoms with van der Waals surface area (Å²) in [5, 5.41) is 6.28. The van der Waals surface area contributed by atoms with Gasteiger partial charge in [-0.2, -0.15) is 0 Å². The van der Waals surface area contributed by atoms with Crippen molar-refractivity contribution in [3.8, 4) is 0 Å². The average Bonchev–Trinajstić information content (AvgIpc) is 2.87. The summed E-state index contributed by atoms with van der Waals surface area (Å²) in [5.74, 6) is -0.0488. The number of esters is 1. The van der Waals surface area contributed by atoms with Crippen LogP contribution in [0.4, 0.5) is 0 Å². The number of rotatable bonds is 3. The molecule has 0 amide bonds. The lowest BCUT2D eigenvalue weighted by Gasteiger charge is -2.20. The van der Waals surface area contributed by atoms with Gasteiger partial charge in [0.2, 0.25) is 5.89 Å². The minimum absolute atomic E-state index is 0.00522. The van der Waals surface area contributed by atoms with Gasteiger partial charge in [0.1, 0.15) is 5.52 Å². The van der Waals surface area contributed by atoms with Crippen molar-refractivity contribution in [2.75, 3.05) is 6.54 Å². The number of benzene rings is 1. The number of allylic oxidation sites excluding steroid dienone is 1. The van der Waals surface area contributed by atoms with Crippen LogP contribution in [0, 0.1) is 0 Å². The fraction of sp³-hybridized carbons (Fsp3) is 0.214. The zero-order valence-electron chi connectivity index (χ0n) is 11.3. The third kappa shape index (κ3) is 2.87. The largest absolute Gasteiger partial charge is 0.452 e. The Labute approximate surface area is 126 Å². The van der Waals surface area contributed by atoms with Crippen LogP contribution in [0.2, 0.25) is 0 Å². The average molecular weight is 303 g/mol. The van der Waals surface area contributed by atoms with Gasteiger partial charge in [-0.05, 0) is 31.3 Å². The van der Waals surface area contributed by atoms with Crippen LogP contribution in [0.3, 0.4) is 0 Å². The fourth-order valence-electron chi connectivity index (χ4n) is 2.01. The molecule has 2 heterocycles. The SMILES string of the molecule is CC1=C(C(=O)OCc2nc3ccccc3o2)CNC(=S)N1. The van der Waals surface area contributed by atoms with Crippen LogP contribution in [0.15, 0.2) is 40.0 Å². The Morgan fingerprint density at radius 3 is 3.05 bits per heavy atom. The molecule has 6 nitrogen and oxygen atoms in total. The van der Waals surface area contributed by atoms with Crippen LogP contribution >= 0.6 is 12.2 Å². The molecule has 0 fully saturated rings. The third-order valence-electron chi connectivity index (χ3n) is 3.09. The fourth-order valence-corrected chi connectivity index (χ4v) is 2.24. The summed E-state index contributed by atoms with van der Waals surface area (Å²) in [4.78, 5) is 16.3. The molecule has 0 bridgehead atoms. The van der Waals surface area contributed by atoms with Crippen molar-refractivity contribution >= 4 is 34.4 Å². The van der Waals surface area contributed by atoms with Crippen molar-refractivity contribution in [2.45, 2.75) is 13.5 Å². The molecule has 0 radical (unpaired) electrons. The number of nitrogens with one attached hydrogen (secondary N) is 2. The highest BCUT2D eigenvalue weighted by atomic mass is 32.1. The topological polar surface area (TPSA) is 76.4 Å². The maximum Gasteiger partial charge on any atom is 0.338 e. The van der Waals surface area contributed by atoms with Crippen molar-refractivity contribution < 1.29 is 13.9 Å². The number of ether oxygens (including phenoxy) is 1. The Hall–Kier alpha value is -2.41. The van der Waals surface area contributed by atoms with Crippen molar-refractivity contribution in [2.24, 2.45) is 0 Å². The van der Waals surface area contributed by atoms with Gasteiger partial charge in [0, 0.05) is 5.70 Å². The molecule has 1 aromatic heterocycles. The maximum absolute atomic E-state index is 12.0. The van der Waals surface area contributed by atoms with Gasteiger partial charge in [-0.25, -0.2) is 9.78 Å². The van der Waals surface area contributed by atoms with Gasteiger partial charge >= 0.3 is 5.97 Å². The molecule has 7 heteroatoms. The van der Waals surface area contributed by atoms with E-state index in [0.717, 1.165) is 5.52 Å². The lowest BCUT2D eigenvalue weighted by atomic mass is 10.2. The van der Waals surface area contributed by atoms with Gasteiger partial charge in [-0.3, -0.25) is 0 Å². The molecule has 0 unspecified atom stereocenters. The van der Waals surface area contributed by atoms with Crippen LogP contribution in [-0.4, -0.2) is 22.6 Å². The highest BCUT2D eigenvalue weighted by molar-refractivity contribution is 7.80. The summed E-state index contributed by atoms with van der Waals surface area (Å²) < 4.78 is 10.7. The number of hydrogen-bond acceptors (Lipinski definition) is 5. The monoisotopic (exact) mass is 303 g/mol. The summed E-state index contributed by atoms with van der Waals surface area (Å²) in [6.07, 6.45) is 0. The number of aromatic nitrogens is 1. The lowest BCUT2D eigenvalue weighted by molar-refractivity contribution is -0.141. The Morgan fingerprint density at radius 1 is 1.48 bits per heavy atom. The van der Waals surface area contributed by atoms with E-state index in [1.54, 1.807) is 6.92 Å². The van der Waals surface area contributed by atoms with Crippen molar-refractivity contribution in [1.82, 2.24) is 15.6 Å². The molecule has 108 valence electrons. The number of fused-ring (bicyclic) bond motifs is 1. The van der Waals surface area contributed by atoms with E-state index in [2.05, 4.69) is 15.6 Å². The molecule has 0 saturated heterocycles.